The van der Waals surface area contributed by atoms with Gasteiger partial charge in [0.05, 0.1) is 14.2 Å². The molecule has 0 amide bonds. The number of nitrogens with one attached hydrogen (secondary N) is 1. The number of benzene rings is 2. The molecule has 0 bridgehead atoms. The van der Waals surface area contributed by atoms with Gasteiger partial charge in [0.15, 0.2) is 11.5 Å². The van der Waals surface area contributed by atoms with Crippen LogP contribution in [0, 0.1) is 20.8 Å². The molecule has 0 saturated heterocycles. The molecule has 0 aliphatic rings. The average Bonchev–Trinajstić information content (AvgIpc) is 3.10. The van der Waals surface area contributed by atoms with E-state index in [1.165, 1.54) is 19.8 Å². The van der Waals surface area contributed by atoms with Crippen LogP contribution in [0.5, 0.6) is 17.2 Å². The summed E-state index contributed by atoms with van der Waals surface area (Å²) < 4.78 is 12.8. The molecular formula is C24H25N3O3. The fourth-order valence-corrected chi connectivity index (χ4v) is 3.68. The molecule has 2 aromatic heterocycles. The maximum Gasteiger partial charge on any atom is 0.200 e. The quantitative estimate of drug-likeness (QED) is 0.467. The fraction of sp³-hybridized carbons (Fsp3) is 0.208. The van der Waals surface area contributed by atoms with E-state index in [4.69, 9.17) is 14.5 Å². The summed E-state index contributed by atoms with van der Waals surface area (Å²) in [6.07, 6.45) is 0. The smallest absolute Gasteiger partial charge is 0.200 e. The van der Waals surface area contributed by atoms with E-state index in [-0.39, 0.29) is 5.75 Å². The Morgan fingerprint density at radius 2 is 1.63 bits per heavy atom. The summed E-state index contributed by atoms with van der Waals surface area (Å²) in [5.74, 6) is 1.46. The summed E-state index contributed by atoms with van der Waals surface area (Å²) in [6, 6.07) is 15.8. The summed E-state index contributed by atoms with van der Waals surface area (Å²) in [6.45, 7) is 6.21. The van der Waals surface area contributed by atoms with Crippen molar-refractivity contribution in [2.45, 2.75) is 20.8 Å². The van der Waals surface area contributed by atoms with Crippen LogP contribution in [0.1, 0.15) is 16.8 Å². The van der Waals surface area contributed by atoms with E-state index in [2.05, 4.69) is 41.8 Å². The van der Waals surface area contributed by atoms with Crippen LogP contribution in [-0.2, 0) is 0 Å². The van der Waals surface area contributed by atoms with Crippen molar-refractivity contribution in [3.63, 3.8) is 0 Å². The van der Waals surface area contributed by atoms with E-state index in [9.17, 15) is 5.11 Å². The lowest BCUT2D eigenvalue weighted by Crippen LogP contribution is -2.01. The zero-order chi connectivity index (χ0) is 21.4. The minimum absolute atomic E-state index is 0.0346. The molecule has 2 aromatic carbocycles. The predicted octanol–water partition coefficient (Wildman–Crippen LogP) is 5.39. The molecule has 0 saturated carbocycles. The molecule has 2 N–H and O–H groups in total. The van der Waals surface area contributed by atoms with Gasteiger partial charge in [-0.15, -0.1) is 0 Å². The molecule has 0 spiro atoms. The van der Waals surface area contributed by atoms with Crippen LogP contribution in [0.15, 0.2) is 48.5 Å². The van der Waals surface area contributed by atoms with Gasteiger partial charge in [-0.1, -0.05) is 23.8 Å². The van der Waals surface area contributed by atoms with Crippen molar-refractivity contribution >= 4 is 17.2 Å². The van der Waals surface area contributed by atoms with Gasteiger partial charge in [-0.05, 0) is 56.7 Å². The van der Waals surface area contributed by atoms with E-state index >= 15 is 0 Å². The fourth-order valence-electron chi connectivity index (χ4n) is 3.68. The first-order chi connectivity index (χ1) is 14.4. The predicted molar refractivity (Wildman–Crippen MR) is 119 cm³/mol. The molecule has 6 nitrogen and oxygen atoms in total. The van der Waals surface area contributed by atoms with E-state index in [1.54, 1.807) is 12.1 Å². The molecule has 0 fully saturated rings. The second-order valence-corrected chi connectivity index (χ2v) is 7.34. The number of pyridine rings is 1. The Balaban J connectivity index is 1.97. The molecule has 4 rings (SSSR count). The van der Waals surface area contributed by atoms with E-state index in [0.29, 0.717) is 11.5 Å². The van der Waals surface area contributed by atoms with Gasteiger partial charge in [-0.2, -0.15) is 0 Å². The normalized spacial score (nSPS) is 11.0. The SMILES string of the molecule is COc1cc(-c2nc3cccc(C)n3c2Nc2ccc(C)cc2C)cc(OC)c1O. The third kappa shape index (κ3) is 3.30. The van der Waals surface area contributed by atoms with Gasteiger partial charge in [0.2, 0.25) is 5.75 Å². The van der Waals surface area contributed by atoms with Crippen LogP contribution in [0.4, 0.5) is 11.5 Å². The number of imidazole rings is 1. The third-order valence-electron chi connectivity index (χ3n) is 5.23. The summed E-state index contributed by atoms with van der Waals surface area (Å²) >= 11 is 0. The highest BCUT2D eigenvalue weighted by atomic mass is 16.5. The second kappa shape index (κ2) is 7.63. The summed E-state index contributed by atoms with van der Waals surface area (Å²) in [4.78, 5) is 4.88. The lowest BCUT2D eigenvalue weighted by Gasteiger charge is -2.14. The molecule has 2 heterocycles. The van der Waals surface area contributed by atoms with E-state index < -0.39 is 0 Å². The topological polar surface area (TPSA) is 68.0 Å². The molecule has 30 heavy (non-hydrogen) atoms. The number of hydrogen-bond donors (Lipinski definition) is 2. The number of aryl methyl sites for hydroxylation is 3. The van der Waals surface area contributed by atoms with Gasteiger partial charge in [0, 0.05) is 16.9 Å². The third-order valence-corrected chi connectivity index (χ3v) is 5.23. The summed E-state index contributed by atoms with van der Waals surface area (Å²) in [5, 5.41) is 13.9. The Hall–Kier alpha value is -3.67. The Kier molecular flexibility index (Phi) is 4.99. The first kappa shape index (κ1) is 19.6. The van der Waals surface area contributed by atoms with Crippen LogP contribution >= 0.6 is 0 Å². The van der Waals surface area contributed by atoms with Crippen molar-refractivity contribution in [3.8, 4) is 28.5 Å². The molecule has 6 heteroatoms. The van der Waals surface area contributed by atoms with Crippen LogP contribution in [0.2, 0.25) is 0 Å². The van der Waals surface area contributed by atoms with E-state index in [0.717, 1.165) is 39.7 Å². The molecule has 0 radical (unpaired) electrons. The molecule has 0 unspecified atom stereocenters. The Morgan fingerprint density at radius 1 is 0.933 bits per heavy atom. The monoisotopic (exact) mass is 403 g/mol. The largest absolute Gasteiger partial charge is 0.502 e. The number of phenols is 1. The van der Waals surface area contributed by atoms with Gasteiger partial charge >= 0.3 is 0 Å². The van der Waals surface area contributed by atoms with Crippen LogP contribution in [0.25, 0.3) is 16.9 Å². The zero-order valence-corrected chi connectivity index (χ0v) is 17.8. The number of nitrogens with zero attached hydrogens (tertiary/aromatic N) is 2. The first-order valence-corrected chi connectivity index (χ1v) is 9.70. The summed E-state index contributed by atoms with van der Waals surface area (Å²) in [7, 11) is 3.03. The van der Waals surface area contributed by atoms with Gasteiger partial charge in [-0.25, -0.2) is 4.98 Å². The molecule has 4 aromatic rings. The number of anilines is 2. The van der Waals surface area contributed by atoms with Crippen molar-refractivity contribution in [3.05, 3.63) is 65.4 Å². The van der Waals surface area contributed by atoms with Crippen molar-refractivity contribution in [2.24, 2.45) is 0 Å². The lowest BCUT2D eigenvalue weighted by molar-refractivity contribution is 0.340. The highest BCUT2D eigenvalue weighted by molar-refractivity contribution is 5.82. The van der Waals surface area contributed by atoms with Gasteiger partial charge in [0.25, 0.3) is 0 Å². The zero-order valence-electron chi connectivity index (χ0n) is 17.8. The maximum absolute atomic E-state index is 10.3. The maximum atomic E-state index is 10.3. The Morgan fingerprint density at radius 3 is 2.27 bits per heavy atom. The molecule has 0 aliphatic heterocycles. The van der Waals surface area contributed by atoms with Crippen molar-refractivity contribution in [1.82, 2.24) is 9.38 Å². The van der Waals surface area contributed by atoms with Crippen LogP contribution in [0.3, 0.4) is 0 Å². The van der Waals surface area contributed by atoms with Crippen molar-refractivity contribution in [1.29, 1.82) is 0 Å². The number of fused-ring (bicyclic) bond motifs is 1. The minimum Gasteiger partial charge on any atom is -0.502 e. The molecular weight excluding hydrogens is 378 g/mol. The number of aromatic nitrogens is 2. The number of methoxy groups -OCH3 is 2. The van der Waals surface area contributed by atoms with Crippen molar-refractivity contribution < 1.29 is 14.6 Å². The number of hydrogen-bond acceptors (Lipinski definition) is 5. The number of rotatable bonds is 5. The van der Waals surface area contributed by atoms with Gasteiger partial charge < -0.3 is 19.9 Å². The minimum atomic E-state index is -0.0346. The van der Waals surface area contributed by atoms with Gasteiger partial charge in [-0.3, -0.25) is 4.40 Å². The number of phenolic OH excluding ortho intramolecular Hbond substituents is 1. The highest BCUT2D eigenvalue weighted by Gasteiger charge is 2.20. The number of ether oxygens (including phenoxy) is 2. The van der Waals surface area contributed by atoms with E-state index in [1.807, 2.05) is 25.1 Å². The Bertz CT molecular complexity index is 1220. The van der Waals surface area contributed by atoms with Gasteiger partial charge in [0.1, 0.15) is 17.2 Å². The molecule has 0 aliphatic carbocycles. The lowest BCUT2D eigenvalue weighted by atomic mass is 10.1. The second-order valence-electron chi connectivity index (χ2n) is 7.34. The van der Waals surface area contributed by atoms with Crippen LogP contribution in [-0.4, -0.2) is 28.7 Å². The standard InChI is InChI=1S/C24H25N3O3/c1-14-9-10-18(15(2)11-14)25-24-22(26-21-8-6-7-16(3)27(21)24)17-12-19(29-4)23(28)20(13-17)30-5/h6-13,25,28H,1-5H3. The van der Waals surface area contributed by atoms with Crippen molar-refractivity contribution in [2.75, 3.05) is 19.5 Å². The highest BCUT2D eigenvalue weighted by Crippen LogP contribution is 2.42. The number of aromatic hydroxyl groups is 1. The summed E-state index contributed by atoms with van der Waals surface area (Å²) in [5.41, 5.74) is 6.74. The molecule has 154 valence electrons. The molecule has 0 atom stereocenters. The van der Waals surface area contributed by atoms with Crippen LogP contribution < -0.4 is 14.8 Å². The first-order valence-electron chi connectivity index (χ1n) is 9.70. The Labute approximate surface area is 175 Å². The average molecular weight is 403 g/mol.